The summed E-state index contributed by atoms with van der Waals surface area (Å²) in [4.78, 5) is 3.41. The Labute approximate surface area is 98.1 Å². The fraction of sp³-hybridized carbons (Fsp3) is 0.700. The Balaban J connectivity index is 1.64. The van der Waals surface area contributed by atoms with Crippen molar-refractivity contribution in [2.24, 2.45) is 0 Å². The highest BCUT2D eigenvalue weighted by molar-refractivity contribution is 7.14. The third-order valence-electron chi connectivity index (χ3n) is 3.10. The standard InChI is InChI=1S/C10H15N5S/c1-2-5-14(6-3-1)7-4-9-12-13-10-15(9)11-8-16-10/h8H,1-7H2. The van der Waals surface area contributed by atoms with Crippen LogP contribution in [0.2, 0.25) is 0 Å². The lowest BCUT2D eigenvalue weighted by atomic mass is 10.1. The second-order valence-corrected chi connectivity index (χ2v) is 5.01. The minimum absolute atomic E-state index is 0.897. The quantitative estimate of drug-likeness (QED) is 0.805. The summed E-state index contributed by atoms with van der Waals surface area (Å²) < 4.78 is 1.86. The van der Waals surface area contributed by atoms with Crippen molar-refractivity contribution in [3.8, 4) is 0 Å². The minimum atomic E-state index is 0.897. The maximum atomic E-state index is 4.23. The summed E-state index contributed by atoms with van der Waals surface area (Å²) in [6, 6.07) is 0. The van der Waals surface area contributed by atoms with Gasteiger partial charge >= 0.3 is 0 Å². The van der Waals surface area contributed by atoms with Crippen molar-refractivity contribution in [3.63, 3.8) is 0 Å². The summed E-state index contributed by atoms with van der Waals surface area (Å²) in [5, 5.41) is 12.5. The topological polar surface area (TPSA) is 46.3 Å². The van der Waals surface area contributed by atoms with Crippen LogP contribution in [0.1, 0.15) is 25.1 Å². The first kappa shape index (κ1) is 10.2. The zero-order chi connectivity index (χ0) is 10.8. The number of nitrogens with zero attached hydrogens (tertiary/aromatic N) is 5. The molecule has 1 aliphatic heterocycles. The van der Waals surface area contributed by atoms with Gasteiger partial charge in [-0.2, -0.15) is 9.61 Å². The first-order valence-corrected chi connectivity index (χ1v) is 6.67. The summed E-state index contributed by atoms with van der Waals surface area (Å²) in [6.45, 7) is 3.55. The molecule has 0 aromatic carbocycles. The van der Waals surface area contributed by atoms with E-state index in [0.29, 0.717) is 0 Å². The van der Waals surface area contributed by atoms with Crippen LogP contribution in [0.4, 0.5) is 0 Å². The van der Waals surface area contributed by atoms with Gasteiger partial charge in [-0.3, -0.25) is 0 Å². The van der Waals surface area contributed by atoms with E-state index in [0.717, 1.165) is 23.8 Å². The number of hydrogen-bond acceptors (Lipinski definition) is 5. The van der Waals surface area contributed by atoms with Crippen LogP contribution in [0.3, 0.4) is 0 Å². The van der Waals surface area contributed by atoms with Crippen molar-refractivity contribution < 1.29 is 0 Å². The molecule has 0 radical (unpaired) electrons. The van der Waals surface area contributed by atoms with Crippen LogP contribution in [-0.2, 0) is 6.42 Å². The van der Waals surface area contributed by atoms with Crippen LogP contribution in [-0.4, -0.2) is 44.3 Å². The molecule has 3 heterocycles. The van der Waals surface area contributed by atoms with E-state index >= 15 is 0 Å². The Morgan fingerprint density at radius 3 is 2.94 bits per heavy atom. The molecule has 0 atom stereocenters. The van der Waals surface area contributed by atoms with Gasteiger partial charge in [0.15, 0.2) is 5.82 Å². The fourth-order valence-corrected chi connectivity index (χ4v) is 2.78. The van der Waals surface area contributed by atoms with Crippen molar-refractivity contribution in [3.05, 3.63) is 11.3 Å². The highest BCUT2D eigenvalue weighted by Gasteiger charge is 2.12. The molecule has 2 aromatic heterocycles. The van der Waals surface area contributed by atoms with Crippen molar-refractivity contribution >= 4 is 16.3 Å². The summed E-state index contributed by atoms with van der Waals surface area (Å²) in [6.07, 6.45) is 5.01. The highest BCUT2D eigenvalue weighted by Crippen LogP contribution is 2.11. The Morgan fingerprint density at radius 2 is 2.06 bits per heavy atom. The molecule has 0 aliphatic carbocycles. The predicted octanol–water partition coefficient (Wildman–Crippen LogP) is 1.21. The zero-order valence-electron chi connectivity index (χ0n) is 9.17. The molecule has 6 heteroatoms. The molecule has 0 spiro atoms. The number of piperidine rings is 1. The van der Waals surface area contributed by atoms with Crippen LogP contribution in [0, 0.1) is 0 Å². The molecule has 3 rings (SSSR count). The number of rotatable bonds is 3. The van der Waals surface area contributed by atoms with E-state index < -0.39 is 0 Å². The van der Waals surface area contributed by atoms with E-state index in [1.54, 1.807) is 0 Å². The van der Waals surface area contributed by atoms with E-state index in [-0.39, 0.29) is 0 Å². The minimum Gasteiger partial charge on any atom is -0.303 e. The molecule has 5 nitrogen and oxygen atoms in total. The third kappa shape index (κ3) is 1.94. The monoisotopic (exact) mass is 237 g/mol. The molecule has 0 saturated carbocycles. The van der Waals surface area contributed by atoms with Crippen LogP contribution in [0.15, 0.2) is 5.51 Å². The normalized spacial score (nSPS) is 18.2. The number of likely N-dealkylation sites (tertiary alicyclic amines) is 1. The van der Waals surface area contributed by atoms with E-state index in [1.807, 2.05) is 10.0 Å². The lowest BCUT2D eigenvalue weighted by Crippen LogP contribution is -2.31. The first-order chi connectivity index (χ1) is 7.93. The Hall–Kier alpha value is -1.01. The molecule has 0 bridgehead atoms. The van der Waals surface area contributed by atoms with Gasteiger partial charge < -0.3 is 4.90 Å². The lowest BCUT2D eigenvalue weighted by Gasteiger charge is -2.25. The molecule has 1 fully saturated rings. The molecule has 16 heavy (non-hydrogen) atoms. The van der Waals surface area contributed by atoms with Crippen LogP contribution >= 0.6 is 11.3 Å². The molecule has 0 amide bonds. The van der Waals surface area contributed by atoms with Gasteiger partial charge in [-0.1, -0.05) is 17.8 Å². The second-order valence-electron chi connectivity index (χ2n) is 4.20. The smallest absolute Gasteiger partial charge is 0.234 e. The van der Waals surface area contributed by atoms with E-state index in [9.17, 15) is 0 Å². The van der Waals surface area contributed by atoms with Gasteiger partial charge in [0.25, 0.3) is 0 Å². The molecule has 1 saturated heterocycles. The maximum Gasteiger partial charge on any atom is 0.234 e. The van der Waals surface area contributed by atoms with Crippen molar-refractivity contribution in [1.29, 1.82) is 0 Å². The third-order valence-corrected chi connectivity index (χ3v) is 3.76. The van der Waals surface area contributed by atoms with Crippen LogP contribution in [0.25, 0.3) is 4.96 Å². The lowest BCUT2D eigenvalue weighted by molar-refractivity contribution is 0.230. The number of fused-ring (bicyclic) bond motifs is 1. The van der Waals surface area contributed by atoms with Crippen molar-refractivity contribution in [2.75, 3.05) is 19.6 Å². The van der Waals surface area contributed by atoms with Crippen LogP contribution < -0.4 is 0 Å². The fourth-order valence-electron chi connectivity index (χ4n) is 2.20. The number of hydrogen-bond donors (Lipinski definition) is 0. The average molecular weight is 237 g/mol. The van der Waals surface area contributed by atoms with Gasteiger partial charge in [0.2, 0.25) is 4.96 Å². The van der Waals surface area contributed by atoms with Gasteiger partial charge in [0.1, 0.15) is 5.51 Å². The van der Waals surface area contributed by atoms with E-state index in [4.69, 9.17) is 0 Å². The Kier molecular flexibility index (Phi) is 2.84. The SMILES string of the molecule is c1nn2c(CCN3CCCCC3)nnc2s1. The summed E-state index contributed by atoms with van der Waals surface area (Å²) in [5.74, 6) is 0.988. The number of aromatic nitrogens is 4. The van der Waals surface area contributed by atoms with Gasteiger partial charge in [-0.05, 0) is 25.9 Å². The molecular formula is C10H15N5S. The van der Waals surface area contributed by atoms with Gasteiger partial charge in [0.05, 0.1) is 0 Å². The Bertz CT molecular complexity index is 456. The van der Waals surface area contributed by atoms with Crippen molar-refractivity contribution in [1.82, 2.24) is 24.7 Å². The molecule has 0 N–H and O–H groups in total. The van der Waals surface area contributed by atoms with Gasteiger partial charge in [0, 0.05) is 13.0 Å². The zero-order valence-corrected chi connectivity index (χ0v) is 9.99. The molecule has 0 unspecified atom stereocenters. The molecular weight excluding hydrogens is 222 g/mol. The molecule has 2 aromatic rings. The maximum absolute atomic E-state index is 4.23. The summed E-state index contributed by atoms with van der Waals surface area (Å²) in [7, 11) is 0. The summed E-state index contributed by atoms with van der Waals surface area (Å²) in [5.41, 5.74) is 1.81. The summed E-state index contributed by atoms with van der Waals surface area (Å²) >= 11 is 1.53. The molecule has 1 aliphatic rings. The first-order valence-electron chi connectivity index (χ1n) is 5.79. The van der Waals surface area contributed by atoms with E-state index in [2.05, 4.69) is 20.2 Å². The van der Waals surface area contributed by atoms with E-state index in [1.165, 1.54) is 43.7 Å². The second kappa shape index (κ2) is 4.47. The largest absolute Gasteiger partial charge is 0.303 e. The molecule has 86 valence electrons. The average Bonchev–Trinajstić information content (AvgIpc) is 2.90. The van der Waals surface area contributed by atoms with Crippen LogP contribution in [0.5, 0.6) is 0 Å². The predicted molar refractivity (Wildman–Crippen MR) is 62.7 cm³/mol. The van der Waals surface area contributed by atoms with Gasteiger partial charge in [-0.15, -0.1) is 10.2 Å². The Morgan fingerprint density at radius 1 is 1.19 bits per heavy atom. The highest BCUT2D eigenvalue weighted by atomic mass is 32.1. The van der Waals surface area contributed by atoms with Gasteiger partial charge in [-0.25, -0.2) is 0 Å². The van der Waals surface area contributed by atoms with Crippen molar-refractivity contribution in [2.45, 2.75) is 25.7 Å².